The van der Waals surface area contributed by atoms with Crippen molar-refractivity contribution in [3.63, 3.8) is 0 Å². The van der Waals surface area contributed by atoms with Crippen molar-refractivity contribution in [1.82, 2.24) is 9.97 Å². The fraction of sp³-hybridized carbons (Fsp3) is 0.389. The van der Waals surface area contributed by atoms with Crippen LogP contribution in [0.5, 0.6) is 5.75 Å². The lowest BCUT2D eigenvalue weighted by Crippen LogP contribution is -2.15. The number of aromatic nitrogens is 2. The van der Waals surface area contributed by atoms with E-state index in [0.717, 1.165) is 47.2 Å². The first kappa shape index (κ1) is 18.3. The highest BCUT2D eigenvalue weighted by molar-refractivity contribution is 7.98. The highest BCUT2D eigenvalue weighted by Gasteiger charge is 2.20. The lowest BCUT2D eigenvalue weighted by molar-refractivity contribution is 0.168. The predicted octanol–water partition coefficient (Wildman–Crippen LogP) is 4.01. The van der Waals surface area contributed by atoms with E-state index in [4.69, 9.17) is 9.47 Å². The normalized spacial score (nSPS) is 12.4. The van der Waals surface area contributed by atoms with Crippen LogP contribution in [-0.4, -0.2) is 36.0 Å². The molecule has 1 aliphatic carbocycles. The molecule has 2 aromatic rings. The number of carbonyl (C=O) groups excluding carboxylic acids is 1. The summed E-state index contributed by atoms with van der Waals surface area (Å²) in [5.74, 6) is 1.42. The Morgan fingerprint density at radius 2 is 2.12 bits per heavy atom. The third kappa shape index (κ3) is 4.01. The molecule has 1 aromatic carbocycles. The second-order valence-corrected chi connectivity index (χ2v) is 6.49. The first-order valence-corrected chi connectivity index (χ1v) is 9.69. The Bertz CT molecular complexity index is 813. The molecule has 0 atom stereocenters. The molecule has 0 unspecified atom stereocenters. The van der Waals surface area contributed by atoms with Crippen LogP contribution in [-0.2, 0) is 17.6 Å². The number of thioether (sulfide) groups is 1. The number of hydrogen-bond acceptors (Lipinski definition) is 7. The van der Waals surface area contributed by atoms with Gasteiger partial charge in [-0.25, -0.2) is 14.8 Å². The van der Waals surface area contributed by atoms with Crippen LogP contribution in [0.3, 0.4) is 0 Å². The van der Waals surface area contributed by atoms with Crippen molar-refractivity contribution >= 4 is 35.0 Å². The molecule has 1 amide bonds. The van der Waals surface area contributed by atoms with Crippen LogP contribution >= 0.6 is 11.8 Å². The van der Waals surface area contributed by atoms with Gasteiger partial charge in [-0.1, -0.05) is 11.8 Å². The number of methoxy groups -OCH3 is 1. The maximum atomic E-state index is 11.9. The van der Waals surface area contributed by atoms with Crippen molar-refractivity contribution in [2.45, 2.75) is 31.3 Å². The van der Waals surface area contributed by atoms with Crippen LogP contribution in [0.25, 0.3) is 0 Å². The summed E-state index contributed by atoms with van der Waals surface area (Å²) >= 11 is 1.52. The number of fused-ring (bicyclic) bond motifs is 1. The van der Waals surface area contributed by atoms with E-state index in [0.29, 0.717) is 18.0 Å². The van der Waals surface area contributed by atoms with Gasteiger partial charge in [0.2, 0.25) is 0 Å². The summed E-state index contributed by atoms with van der Waals surface area (Å²) in [6.45, 7) is 2.06. The van der Waals surface area contributed by atoms with E-state index in [1.165, 1.54) is 11.8 Å². The molecule has 8 heteroatoms. The number of ether oxygens (including phenoxy) is 2. The Hall–Kier alpha value is -2.48. The van der Waals surface area contributed by atoms with Gasteiger partial charge in [-0.15, -0.1) is 0 Å². The lowest BCUT2D eigenvalue weighted by Gasteiger charge is -2.16. The first-order valence-electron chi connectivity index (χ1n) is 8.47. The summed E-state index contributed by atoms with van der Waals surface area (Å²) in [6, 6.07) is 5.42. The quantitative estimate of drug-likeness (QED) is 0.584. The van der Waals surface area contributed by atoms with Gasteiger partial charge in [0.05, 0.1) is 30.8 Å². The summed E-state index contributed by atoms with van der Waals surface area (Å²) in [7, 11) is 1.58. The average molecular weight is 374 g/mol. The van der Waals surface area contributed by atoms with Crippen molar-refractivity contribution < 1.29 is 14.3 Å². The van der Waals surface area contributed by atoms with Gasteiger partial charge in [-0.3, -0.25) is 5.32 Å². The van der Waals surface area contributed by atoms with Gasteiger partial charge in [0.1, 0.15) is 11.6 Å². The summed E-state index contributed by atoms with van der Waals surface area (Å²) in [4.78, 5) is 21.1. The van der Waals surface area contributed by atoms with Crippen molar-refractivity contribution in [3.8, 4) is 5.75 Å². The second-order valence-electron chi connectivity index (χ2n) is 5.72. The largest absolute Gasteiger partial charge is 0.497 e. The maximum absolute atomic E-state index is 11.9. The molecule has 0 saturated heterocycles. The van der Waals surface area contributed by atoms with Crippen LogP contribution < -0.4 is 15.4 Å². The SMILES string of the molecule is CCOC(=O)Nc1cc(OC)ccc1Nc1nc(SC)nc2c1CCC2. The topological polar surface area (TPSA) is 85.4 Å². The number of nitrogens with one attached hydrogen (secondary N) is 2. The Kier molecular flexibility index (Phi) is 5.82. The van der Waals surface area contributed by atoms with E-state index in [1.807, 2.05) is 18.4 Å². The minimum atomic E-state index is -0.512. The molecule has 1 aliphatic rings. The van der Waals surface area contributed by atoms with Crippen molar-refractivity contribution in [3.05, 3.63) is 29.5 Å². The predicted molar refractivity (Wildman–Crippen MR) is 103 cm³/mol. The lowest BCUT2D eigenvalue weighted by atomic mass is 10.2. The molecule has 0 spiro atoms. The van der Waals surface area contributed by atoms with Gasteiger partial charge in [-0.05, 0) is 44.6 Å². The molecule has 138 valence electrons. The minimum absolute atomic E-state index is 0.301. The number of anilines is 3. The van der Waals surface area contributed by atoms with E-state index in [9.17, 15) is 4.79 Å². The third-order valence-electron chi connectivity index (χ3n) is 4.09. The molecule has 2 N–H and O–H groups in total. The van der Waals surface area contributed by atoms with E-state index >= 15 is 0 Å². The number of rotatable bonds is 6. The Morgan fingerprint density at radius 1 is 1.27 bits per heavy atom. The monoisotopic (exact) mass is 374 g/mol. The van der Waals surface area contributed by atoms with E-state index in [1.54, 1.807) is 20.1 Å². The number of benzene rings is 1. The minimum Gasteiger partial charge on any atom is -0.497 e. The molecule has 0 saturated carbocycles. The zero-order chi connectivity index (χ0) is 18.5. The number of amides is 1. The first-order chi connectivity index (χ1) is 12.6. The second kappa shape index (κ2) is 8.27. The van der Waals surface area contributed by atoms with Crippen LogP contribution in [0.4, 0.5) is 22.0 Å². The summed E-state index contributed by atoms with van der Waals surface area (Å²) in [5.41, 5.74) is 3.53. The zero-order valence-electron chi connectivity index (χ0n) is 15.1. The summed E-state index contributed by atoms with van der Waals surface area (Å²) < 4.78 is 10.3. The Balaban J connectivity index is 1.94. The highest BCUT2D eigenvalue weighted by atomic mass is 32.2. The fourth-order valence-corrected chi connectivity index (χ4v) is 3.26. The smallest absolute Gasteiger partial charge is 0.411 e. The van der Waals surface area contributed by atoms with E-state index < -0.39 is 6.09 Å². The molecule has 7 nitrogen and oxygen atoms in total. The van der Waals surface area contributed by atoms with Gasteiger partial charge in [-0.2, -0.15) is 0 Å². The third-order valence-corrected chi connectivity index (χ3v) is 4.63. The molecule has 26 heavy (non-hydrogen) atoms. The molecular weight excluding hydrogens is 352 g/mol. The van der Waals surface area contributed by atoms with Gasteiger partial charge < -0.3 is 14.8 Å². The van der Waals surface area contributed by atoms with E-state index in [2.05, 4.69) is 20.6 Å². The molecular formula is C18H22N4O3S. The summed E-state index contributed by atoms with van der Waals surface area (Å²) in [5, 5.41) is 6.84. The standard InChI is InChI=1S/C18H22N4O3S/c1-4-25-18(23)21-15-10-11(24-2)8-9-14(15)19-16-12-6-5-7-13(12)20-17(22-16)26-3/h8-10H,4-7H2,1-3H3,(H,21,23)(H,19,20,22). The van der Waals surface area contributed by atoms with Crippen LogP contribution in [0.1, 0.15) is 24.6 Å². The Morgan fingerprint density at radius 3 is 2.85 bits per heavy atom. The van der Waals surface area contributed by atoms with E-state index in [-0.39, 0.29) is 0 Å². The van der Waals surface area contributed by atoms with Crippen LogP contribution in [0, 0.1) is 0 Å². The highest BCUT2D eigenvalue weighted by Crippen LogP contribution is 2.34. The van der Waals surface area contributed by atoms with Crippen molar-refractivity contribution in [2.75, 3.05) is 30.6 Å². The van der Waals surface area contributed by atoms with Gasteiger partial charge in [0.15, 0.2) is 5.16 Å². The number of carbonyl (C=O) groups is 1. The molecule has 1 aromatic heterocycles. The van der Waals surface area contributed by atoms with Gasteiger partial charge >= 0.3 is 6.09 Å². The van der Waals surface area contributed by atoms with Crippen LogP contribution in [0.2, 0.25) is 0 Å². The molecule has 0 fully saturated rings. The summed E-state index contributed by atoms with van der Waals surface area (Å²) in [6.07, 6.45) is 4.44. The Labute approximate surface area is 156 Å². The molecule has 1 heterocycles. The molecule has 0 radical (unpaired) electrons. The maximum Gasteiger partial charge on any atom is 0.411 e. The fourth-order valence-electron chi connectivity index (χ4n) is 2.87. The van der Waals surface area contributed by atoms with Gasteiger partial charge in [0.25, 0.3) is 0 Å². The molecule has 0 bridgehead atoms. The zero-order valence-corrected chi connectivity index (χ0v) is 15.9. The number of aryl methyl sites for hydroxylation is 1. The van der Waals surface area contributed by atoms with Crippen LogP contribution in [0.15, 0.2) is 23.4 Å². The van der Waals surface area contributed by atoms with Crippen molar-refractivity contribution in [2.24, 2.45) is 0 Å². The van der Waals surface area contributed by atoms with Crippen molar-refractivity contribution in [1.29, 1.82) is 0 Å². The van der Waals surface area contributed by atoms with Gasteiger partial charge in [0, 0.05) is 11.6 Å². The number of hydrogen-bond donors (Lipinski definition) is 2. The number of nitrogens with zero attached hydrogens (tertiary/aromatic N) is 2. The molecule has 0 aliphatic heterocycles. The molecule has 3 rings (SSSR count). The average Bonchev–Trinajstić information content (AvgIpc) is 3.12.